The van der Waals surface area contributed by atoms with E-state index in [2.05, 4.69) is 15.5 Å². The highest BCUT2D eigenvalue weighted by Crippen LogP contribution is 2.29. The Bertz CT molecular complexity index is 612. The molecule has 7 heteroatoms. The van der Waals surface area contributed by atoms with E-state index in [0.717, 1.165) is 18.6 Å². The summed E-state index contributed by atoms with van der Waals surface area (Å²) in [6.07, 6.45) is 0.919. The summed E-state index contributed by atoms with van der Waals surface area (Å²) in [7, 11) is 1.93. The van der Waals surface area contributed by atoms with Crippen LogP contribution in [0.15, 0.2) is 22.7 Å². The second-order valence-electron chi connectivity index (χ2n) is 4.98. The maximum Gasteiger partial charge on any atom is 0.233 e. The first kappa shape index (κ1) is 14.8. The van der Waals surface area contributed by atoms with Crippen LogP contribution in [0.25, 0.3) is 11.4 Å². The van der Waals surface area contributed by atoms with Crippen molar-refractivity contribution in [1.29, 1.82) is 0 Å². The van der Waals surface area contributed by atoms with Gasteiger partial charge >= 0.3 is 0 Å². The lowest BCUT2D eigenvalue weighted by Gasteiger charge is -2.28. The topological polar surface area (TPSA) is 60.2 Å². The van der Waals surface area contributed by atoms with Gasteiger partial charge in [-0.3, -0.25) is 0 Å². The number of rotatable bonds is 3. The Morgan fingerprint density at radius 3 is 2.71 bits per heavy atom. The van der Waals surface area contributed by atoms with Crippen molar-refractivity contribution >= 4 is 23.2 Å². The number of ether oxygens (including phenoxy) is 1. The molecule has 1 saturated heterocycles. The summed E-state index contributed by atoms with van der Waals surface area (Å²) in [6, 6.07) is 5.46. The molecule has 1 aromatic heterocycles. The van der Waals surface area contributed by atoms with Crippen LogP contribution in [0.1, 0.15) is 18.2 Å². The lowest BCUT2D eigenvalue weighted by molar-refractivity contribution is 0.0516. The van der Waals surface area contributed by atoms with Gasteiger partial charge < -0.3 is 14.6 Å². The first-order valence-corrected chi connectivity index (χ1v) is 7.48. The van der Waals surface area contributed by atoms with Crippen LogP contribution in [-0.2, 0) is 4.74 Å². The van der Waals surface area contributed by atoms with Crippen LogP contribution in [0.3, 0.4) is 0 Å². The summed E-state index contributed by atoms with van der Waals surface area (Å²) < 4.78 is 10.9. The van der Waals surface area contributed by atoms with E-state index >= 15 is 0 Å². The molecule has 1 fully saturated rings. The lowest BCUT2D eigenvalue weighted by Crippen LogP contribution is -2.39. The van der Waals surface area contributed by atoms with Gasteiger partial charge in [-0.1, -0.05) is 28.4 Å². The zero-order chi connectivity index (χ0) is 14.8. The molecule has 5 nitrogen and oxygen atoms in total. The summed E-state index contributed by atoms with van der Waals surface area (Å²) >= 11 is 12.0. The van der Waals surface area contributed by atoms with Crippen LogP contribution in [0.2, 0.25) is 10.0 Å². The number of aromatic nitrogens is 2. The molecular weight excluding hydrogens is 313 g/mol. The van der Waals surface area contributed by atoms with Gasteiger partial charge in [0, 0.05) is 28.3 Å². The maximum absolute atomic E-state index is 6.00. The molecule has 2 unspecified atom stereocenters. The van der Waals surface area contributed by atoms with Gasteiger partial charge in [-0.2, -0.15) is 4.98 Å². The molecule has 2 atom stereocenters. The van der Waals surface area contributed by atoms with Crippen LogP contribution in [0, 0.1) is 0 Å². The zero-order valence-corrected chi connectivity index (χ0v) is 13.0. The number of halogens is 2. The minimum Gasteiger partial charge on any atom is -0.381 e. The summed E-state index contributed by atoms with van der Waals surface area (Å²) in [5, 5.41) is 8.38. The summed E-state index contributed by atoms with van der Waals surface area (Å²) in [6.45, 7) is 1.32. The first-order chi connectivity index (χ1) is 10.2. The van der Waals surface area contributed by atoms with E-state index in [9.17, 15) is 0 Å². The first-order valence-electron chi connectivity index (χ1n) is 6.72. The highest BCUT2D eigenvalue weighted by Gasteiger charge is 2.30. The number of benzene rings is 1. The molecule has 0 amide bonds. The summed E-state index contributed by atoms with van der Waals surface area (Å²) in [5.41, 5.74) is 0.736. The van der Waals surface area contributed by atoms with Crippen LogP contribution in [0.4, 0.5) is 0 Å². The van der Waals surface area contributed by atoms with E-state index in [1.165, 1.54) is 0 Å². The Morgan fingerprint density at radius 2 is 2.00 bits per heavy atom. The molecule has 0 saturated carbocycles. The van der Waals surface area contributed by atoms with Crippen molar-refractivity contribution in [3.05, 3.63) is 34.1 Å². The van der Waals surface area contributed by atoms with Crippen molar-refractivity contribution in [2.75, 3.05) is 20.3 Å². The molecule has 2 aromatic rings. The standard InChI is InChI=1S/C14H15Cl2N3O2/c1-17-12-2-3-20-7-11(12)14-18-13(19-21-14)8-4-9(15)6-10(16)5-8/h4-6,11-12,17H,2-3,7H2,1H3. The Kier molecular flexibility index (Phi) is 4.45. The molecule has 112 valence electrons. The van der Waals surface area contributed by atoms with Crippen molar-refractivity contribution in [2.24, 2.45) is 0 Å². The van der Waals surface area contributed by atoms with Gasteiger partial charge in [-0.25, -0.2) is 0 Å². The monoisotopic (exact) mass is 327 g/mol. The maximum atomic E-state index is 6.00. The fourth-order valence-electron chi connectivity index (χ4n) is 2.51. The normalized spacial score (nSPS) is 22.4. The predicted octanol–water partition coefficient (Wildman–Crippen LogP) is 3.14. The molecule has 0 bridgehead atoms. The molecule has 1 aliphatic rings. The average Bonchev–Trinajstić information content (AvgIpc) is 2.96. The lowest BCUT2D eigenvalue weighted by atomic mass is 9.96. The molecule has 3 rings (SSSR count). The fourth-order valence-corrected chi connectivity index (χ4v) is 3.04. The molecule has 0 spiro atoms. The van der Waals surface area contributed by atoms with E-state index in [1.807, 2.05) is 7.05 Å². The van der Waals surface area contributed by atoms with Crippen LogP contribution in [0.5, 0.6) is 0 Å². The number of nitrogens with zero attached hydrogens (tertiary/aromatic N) is 2. The average molecular weight is 328 g/mol. The van der Waals surface area contributed by atoms with Crippen molar-refractivity contribution in [3.8, 4) is 11.4 Å². The minimum atomic E-state index is 0.0552. The predicted molar refractivity (Wildman–Crippen MR) is 80.8 cm³/mol. The van der Waals surface area contributed by atoms with E-state index < -0.39 is 0 Å². The number of nitrogens with one attached hydrogen (secondary N) is 1. The Balaban J connectivity index is 1.88. The molecule has 1 N–H and O–H groups in total. The fraction of sp³-hybridized carbons (Fsp3) is 0.429. The Hall–Kier alpha value is -1.14. The highest BCUT2D eigenvalue weighted by molar-refractivity contribution is 6.35. The Labute approximate surface area is 132 Å². The molecule has 0 aliphatic carbocycles. The van der Waals surface area contributed by atoms with Crippen molar-refractivity contribution in [1.82, 2.24) is 15.5 Å². The zero-order valence-electron chi connectivity index (χ0n) is 11.5. The second-order valence-corrected chi connectivity index (χ2v) is 5.85. The molecule has 0 radical (unpaired) electrons. The van der Waals surface area contributed by atoms with Gasteiger partial charge in [0.05, 0.1) is 12.5 Å². The van der Waals surface area contributed by atoms with Gasteiger partial charge in [-0.05, 0) is 31.7 Å². The third kappa shape index (κ3) is 3.21. The van der Waals surface area contributed by atoms with Crippen LogP contribution in [-0.4, -0.2) is 36.4 Å². The molecule has 1 aliphatic heterocycles. The van der Waals surface area contributed by atoms with E-state index in [0.29, 0.717) is 28.4 Å². The third-order valence-corrected chi connectivity index (χ3v) is 4.04. The largest absolute Gasteiger partial charge is 0.381 e. The summed E-state index contributed by atoms with van der Waals surface area (Å²) in [4.78, 5) is 4.47. The third-order valence-electron chi connectivity index (χ3n) is 3.61. The van der Waals surface area contributed by atoms with Gasteiger partial charge in [-0.15, -0.1) is 0 Å². The van der Waals surface area contributed by atoms with Crippen molar-refractivity contribution in [3.63, 3.8) is 0 Å². The van der Waals surface area contributed by atoms with E-state index in [1.54, 1.807) is 18.2 Å². The van der Waals surface area contributed by atoms with Gasteiger partial charge in [0.1, 0.15) is 0 Å². The van der Waals surface area contributed by atoms with Crippen LogP contribution >= 0.6 is 23.2 Å². The molecule has 21 heavy (non-hydrogen) atoms. The second kappa shape index (κ2) is 6.32. The smallest absolute Gasteiger partial charge is 0.233 e. The SMILES string of the molecule is CNC1CCOCC1c1nc(-c2cc(Cl)cc(Cl)c2)no1. The Morgan fingerprint density at radius 1 is 1.24 bits per heavy atom. The van der Waals surface area contributed by atoms with E-state index in [-0.39, 0.29) is 12.0 Å². The van der Waals surface area contributed by atoms with Gasteiger partial charge in [0.15, 0.2) is 0 Å². The quantitative estimate of drug-likeness (QED) is 0.938. The van der Waals surface area contributed by atoms with Gasteiger partial charge in [0.2, 0.25) is 11.7 Å². The molecule has 2 heterocycles. The van der Waals surface area contributed by atoms with Crippen molar-refractivity contribution < 1.29 is 9.26 Å². The number of hydrogen-bond acceptors (Lipinski definition) is 5. The minimum absolute atomic E-state index is 0.0552. The number of likely N-dealkylation sites (N-methyl/N-ethyl adjacent to an activating group) is 1. The highest BCUT2D eigenvalue weighted by atomic mass is 35.5. The van der Waals surface area contributed by atoms with Gasteiger partial charge in [0.25, 0.3) is 0 Å². The number of hydrogen-bond donors (Lipinski definition) is 1. The molecular formula is C14H15Cl2N3O2. The summed E-state index contributed by atoms with van der Waals surface area (Å²) in [5.74, 6) is 1.11. The van der Waals surface area contributed by atoms with Crippen molar-refractivity contribution in [2.45, 2.75) is 18.4 Å². The van der Waals surface area contributed by atoms with E-state index in [4.69, 9.17) is 32.5 Å². The van der Waals surface area contributed by atoms with Crippen LogP contribution < -0.4 is 5.32 Å². The molecule has 1 aromatic carbocycles.